The van der Waals surface area contributed by atoms with Crippen LogP contribution in [0.15, 0.2) is 0 Å². The van der Waals surface area contributed by atoms with E-state index in [-0.39, 0.29) is 6.10 Å². The van der Waals surface area contributed by atoms with Gasteiger partial charge in [0.1, 0.15) is 6.10 Å². The van der Waals surface area contributed by atoms with Crippen molar-refractivity contribution >= 4 is 32.7 Å². The Kier molecular flexibility index (Phi) is 9.37. The molecule has 3 nitrogen and oxygen atoms in total. The van der Waals surface area contributed by atoms with Gasteiger partial charge in [-0.25, -0.2) is 0 Å². The van der Waals surface area contributed by atoms with Crippen molar-refractivity contribution in [2.24, 2.45) is 0 Å². The van der Waals surface area contributed by atoms with Crippen molar-refractivity contribution in [2.75, 3.05) is 19.8 Å². The Hall–Kier alpha value is 0.797. The van der Waals surface area contributed by atoms with Gasteiger partial charge in [-0.15, -0.1) is 11.7 Å². The highest BCUT2D eigenvalue weighted by atomic mass is 33.1. The summed E-state index contributed by atoms with van der Waals surface area (Å²) in [4.78, 5) is 0. The molecule has 6 heteroatoms. The summed E-state index contributed by atoms with van der Waals surface area (Å²) in [5.41, 5.74) is 0. The fourth-order valence-corrected chi connectivity index (χ4v) is 3.84. The van der Waals surface area contributed by atoms with Crippen LogP contribution in [-0.4, -0.2) is 41.3 Å². The molecule has 0 bridgehead atoms. The van der Waals surface area contributed by atoms with E-state index in [0.717, 1.165) is 16.3 Å². The van der Waals surface area contributed by atoms with Crippen LogP contribution in [0.4, 0.5) is 0 Å². The Morgan fingerprint density at radius 3 is 2.00 bits per heavy atom. The highest BCUT2D eigenvalue weighted by Gasteiger charge is 2.40. The highest BCUT2D eigenvalue weighted by Crippen LogP contribution is 2.37. The molecule has 0 amide bonds. The monoisotopic (exact) mass is 270 g/mol. The normalized spacial score (nSPS) is 14.4. The number of rotatable bonds is 9. The van der Waals surface area contributed by atoms with Crippen LogP contribution >= 0.6 is 22.5 Å². The summed E-state index contributed by atoms with van der Waals surface area (Å²) in [6.07, 6.45) is -0.0310. The maximum absolute atomic E-state index is 5.69. The molecule has 1 unspecified atom stereocenters. The molecule has 0 fully saturated rings. The van der Waals surface area contributed by atoms with Gasteiger partial charge in [-0.3, -0.25) is 0 Å². The molecule has 0 aliphatic heterocycles. The molecule has 0 radical (unpaired) electrons. The van der Waals surface area contributed by atoms with E-state index in [2.05, 4.69) is 11.7 Å². The Morgan fingerprint density at radius 2 is 1.73 bits per heavy atom. The van der Waals surface area contributed by atoms with Gasteiger partial charge in [0, 0.05) is 30.1 Å². The van der Waals surface area contributed by atoms with Gasteiger partial charge in [-0.2, -0.15) is 0 Å². The van der Waals surface area contributed by atoms with E-state index in [0.29, 0.717) is 19.8 Å². The van der Waals surface area contributed by atoms with Crippen LogP contribution < -0.4 is 0 Å². The van der Waals surface area contributed by atoms with Gasteiger partial charge in [0.25, 0.3) is 5.12 Å². The van der Waals surface area contributed by atoms with Crippen LogP contribution in [0, 0.1) is 0 Å². The second-order valence-corrected chi connectivity index (χ2v) is 5.03. The molecule has 0 spiro atoms. The zero-order valence-electron chi connectivity index (χ0n) is 9.99. The summed E-state index contributed by atoms with van der Waals surface area (Å²) in [5, 5.41) is -0.746. The topological polar surface area (TPSA) is 27.7 Å². The van der Waals surface area contributed by atoms with E-state index in [1.165, 1.54) is 10.8 Å². The predicted octanol–water partition coefficient (Wildman–Crippen LogP) is 1.48. The van der Waals surface area contributed by atoms with Crippen LogP contribution in [0.25, 0.3) is 0 Å². The molecule has 0 aromatic rings. The standard InChI is InChI=1S/C9H22O3S2Si/c1-4-10-8(7-15)9(14-13,11-5-2)12-6-3/h8,13H,4-7H2,1-3,15H3. The summed E-state index contributed by atoms with van der Waals surface area (Å²) < 4.78 is 17.0. The quantitative estimate of drug-likeness (QED) is 0.297. The molecular weight excluding hydrogens is 248 g/mol. The van der Waals surface area contributed by atoms with Crippen molar-refractivity contribution in [1.82, 2.24) is 0 Å². The first-order valence-corrected chi connectivity index (χ1v) is 8.71. The number of hydrogen-bond acceptors (Lipinski definition) is 5. The summed E-state index contributed by atoms with van der Waals surface area (Å²) in [6, 6.07) is 0.974. The van der Waals surface area contributed by atoms with E-state index in [4.69, 9.17) is 14.2 Å². The van der Waals surface area contributed by atoms with Gasteiger partial charge >= 0.3 is 0 Å². The average Bonchev–Trinajstić information content (AvgIpc) is 2.25. The van der Waals surface area contributed by atoms with E-state index in [1.54, 1.807) is 0 Å². The van der Waals surface area contributed by atoms with Crippen molar-refractivity contribution in [3.63, 3.8) is 0 Å². The van der Waals surface area contributed by atoms with Crippen molar-refractivity contribution in [3.8, 4) is 0 Å². The van der Waals surface area contributed by atoms with Gasteiger partial charge in [0.2, 0.25) is 0 Å². The molecule has 0 aromatic heterocycles. The van der Waals surface area contributed by atoms with Gasteiger partial charge < -0.3 is 14.2 Å². The van der Waals surface area contributed by atoms with Crippen molar-refractivity contribution in [2.45, 2.75) is 38.0 Å². The van der Waals surface area contributed by atoms with E-state index in [9.17, 15) is 0 Å². The van der Waals surface area contributed by atoms with E-state index >= 15 is 0 Å². The van der Waals surface area contributed by atoms with Crippen molar-refractivity contribution in [1.29, 1.82) is 0 Å². The summed E-state index contributed by atoms with van der Waals surface area (Å²) in [5.74, 6) is 0. The first-order valence-electron chi connectivity index (χ1n) is 5.42. The Bertz CT molecular complexity index is 154. The van der Waals surface area contributed by atoms with Crippen LogP contribution in [0.3, 0.4) is 0 Å². The maximum atomic E-state index is 5.69. The lowest BCUT2D eigenvalue weighted by Gasteiger charge is -2.36. The number of thiol groups is 1. The van der Waals surface area contributed by atoms with E-state index in [1.807, 2.05) is 20.8 Å². The zero-order valence-corrected chi connectivity index (χ0v) is 13.7. The molecule has 0 N–H and O–H groups in total. The first kappa shape index (κ1) is 15.8. The van der Waals surface area contributed by atoms with Crippen LogP contribution in [0.5, 0.6) is 0 Å². The average molecular weight is 270 g/mol. The fourth-order valence-electron chi connectivity index (χ4n) is 1.41. The molecule has 0 aliphatic carbocycles. The molecule has 1 atom stereocenters. The lowest BCUT2D eigenvalue weighted by atomic mass is 10.3. The van der Waals surface area contributed by atoms with E-state index < -0.39 is 5.12 Å². The van der Waals surface area contributed by atoms with Crippen LogP contribution in [-0.2, 0) is 14.2 Å². The first-order chi connectivity index (χ1) is 7.20. The molecular formula is C9H22O3S2Si. The zero-order chi connectivity index (χ0) is 11.7. The summed E-state index contributed by atoms with van der Waals surface area (Å²) >= 11 is 4.26. The molecule has 0 heterocycles. The minimum atomic E-state index is -0.746. The molecule has 15 heavy (non-hydrogen) atoms. The molecule has 0 rings (SSSR count). The van der Waals surface area contributed by atoms with Crippen molar-refractivity contribution < 1.29 is 14.2 Å². The van der Waals surface area contributed by atoms with Gasteiger partial charge in [0.15, 0.2) is 0 Å². The Morgan fingerprint density at radius 1 is 1.20 bits per heavy atom. The van der Waals surface area contributed by atoms with Gasteiger partial charge in [-0.05, 0) is 37.6 Å². The summed E-state index contributed by atoms with van der Waals surface area (Å²) in [7, 11) is 2.34. The Labute approximate surface area is 105 Å². The third-order valence-electron chi connectivity index (χ3n) is 1.95. The number of hydrogen-bond donors (Lipinski definition) is 1. The largest absolute Gasteiger partial charge is 0.372 e. The smallest absolute Gasteiger partial charge is 0.254 e. The molecule has 0 saturated carbocycles. The second kappa shape index (κ2) is 8.89. The lowest BCUT2D eigenvalue weighted by molar-refractivity contribution is -0.222. The third-order valence-corrected chi connectivity index (χ3v) is 4.21. The molecule has 0 aliphatic rings. The second-order valence-electron chi connectivity index (χ2n) is 2.91. The molecule has 92 valence electrons. The molecule has 0 aromatic carbocycles. The summed E-state index contributed by atoms with van der Waals surface area (Å²) in [6.45, 7) is 7.75. The van der Waals surface area contributed by atoms with Crippen LogP contribution in [0.1, 0.15) is 20.8 Å². The van der Waals surface area contributed by atoms with Crippen molar-refractivity contribution in [3.05, 3.63) is 0 Å². The predicted molar refractivity (Wildman–Crippen MR) is 72.7 cm³/mol. The fraction of sp³-hybridized carbons (Fsp3) is 1.00. The lowest BCUT2D eigenvalue weighted by Crippen LogP contribution is -2.45. The highest BCUT2D eigenvalue weighted by molar-refractivity contribution is 8.69. The van der Waals surface area contributed by atoms with Gasteiger partial charge in [-0.1, -0.05) is 0 Å². The number of ether oxygens (including phenoxy) is 3. The minimum absolute atomic E-state index is 0.0310. The maximum Gasteiger partial charge on any atom is 0.254 e. The van der Waals surface area contributed by atoms with Crippen LogP contribution in [0.2, 0.25) is 6.04 Å². The van der Waals surface area contributed by atoms with Gasteiger partial charge in [0.05, 0.1) is 0 Å². The third kappa shape index (κ3) is 4.66. The SMILES string of the molecule is CCOC(C[SiH3])C(OCC)(OCC)SS. The molecule has 0 saturated heterocycles. The Balaban J connectivity index is 4.65. The minimum Gasteiger partial charge on any atom is -0.372 e.